The first-order valence-corrected chi connectivity index (χ1v) is 6.56. The maximum atomic E-state index is 5.62. The summed E-state index contributed by atoms with van der Waals surface area (Å²) in [5.41, 5.74) is 0. The van der Waals surface area contributed by atoms with Crippen molar-refractivity contribution in [1.82, 2.24) is 5.32 Å². The SMILES string of the molecule is CCCCNCC(C)OCCOCC(C)C. The summed E-state index contributed by atoms with van der Waals surface area (Å²) in [4.78, 5) is 0. The zero-order valence-corrected chi connectivity index (χ0v) is 11.4. The predicted molar refractivity (Wildman–Crippen MR) is 68.8 cm³/mol. The minimum Gasteiger partial charge on any atom is -0.379 e. The molecule has 0 aromatic heterocycles. The summed E-state index contributed by atoms with van der Waals surface area (Å²) < 4.78 is 11.1. The third-order valence-corrected chi connectivity index (χ3v) is 2.22. The van der Waals surface area contributed by atoms with E-state index in [9.17, 15) is 0 Å². The van der Waals surface area contributed by atoms with Gasteiger partial charge in [-0.1, -0.05) is 27.2 Å². The van der Waals surface area contributed by atoms with Gasteiger partial charge in [-0.3, -0.25) is 0 Å². The molecule has 16 heavy (non-hydrogen) atoms. The average molecular weight is 231 g/mol. The summed E-state index contributed by atoms with van der Waals surface area (Å²) in [5.74, 6) is 0.605. The van der Waals surface area contributed by atoms with Crippen LogP contribution in [0, 0.1) is 5.92 Å². The minimum atomic E-state index is 0.277. The van der Waals surface area contributed by atoms with Crippen molar-refractivity contribution < 1.29 is 9.47 Å². The zero-order chi connectivity index (χ0) is 12.2. The maximum Gasteiger partial charge on any atom is 0.0704 e. The lowest BCUT2D eigenvalue weighted by Crippen LogP contribution is -2.28. The van der Waals surface area contributed by atoms with Crippen molar-refractivity contribution in [3.63, 3.8) is 0 Å². The Morgan fingerprint density at radius 2 is 1.88 bits per heavy atom. The summed E-state index contributed by atoms with van der Waals surface area (Å²) in [6, 6.07) is 0. The molecule has 0 fully saturated rings. The van der Waals surface area contributed by atoms with Crippen molar-refractivity contribution in [2.24, 2.45) is 5.92 Å². The van der Waals surface area contributed by atoms with Crippen LogP contribution in [0.5, 0.6) is 0 Å². The van der Waals surface area contributed by atoms with Crippen molar-refractivity contribution in [3.05, 3.63) is 0 Å². The molecular formula is C13H29NO2. The molecule has 0 spiro atoms. The first kappa shape index (κ1) is 15.9. The summed E-state index contributed by atoms with van der Waals surface area (Å²) in [5, 5.41) is 3.38. The fraction of sp³-hybridized carbons (Fsp3) is 1.00. The standard InChI is InChI=1S/C13H29NO2/c1-5-6-7-14-10-13(4)16-9-8-15-11-12(2)3/h12-14H,5-11H2,1-4H3. The Balaban J connectivity index is 3.14. The van der Waals surface area contributed by atoms with E-state index >= 15 is 0 Å². The molecule has 98 valence electrons. The van der Waals surface area contributed by atoms with Crippen molar-refractivity contribution >= 4 is 0 Å². The molecule has 1 unspecified atom stereocenters. The molecule has 3 heteroatoms. The van der Waals surface area contributed by atoms with Gasteiger partial charge in [-0.2, -0.15) is 0 Å². The lowest BCUT2D eigenvalue weighted by atomic mass is 10.2. The minimum absolute atomic E-state index is 0.277. The topological polar surface area (TPSA) is 30.5 Å². The molecule has 3 nitrogen and oxygen atoms in total. The van der Waals surface area contributed by atoms with Crippen molar-refractivity contribution in [2.75, 3.05) is 32.9 Å². The summed E-state index contributed by atoms with van der Waals surface area (Å²) in [6.45, 7) is 12.9. The average Bonchev–Trinajstić information content (AvgIpc) is 2.23. The van der Waals surface area contributed by atoms with Gasteiger partial charge in [0.25, 0.3) is 0 Å². The van der Waals surface area contributed by atoms with Crippen LogP contribution < -0.4 is 5.32 Å². The molecule has 1 N–H and O–H groups in total. The first-order chi connectivity index (χ1) is 7.66. The Morgan fingerprint density at radius 3 is 2.50 bits per heavy atom. The molecule has 0 saturated carbocycles. The van der Waals surface area contributed by atoms with Crippen LogP contribution in [0.3, 0.4) is 0 Å². The van der Waals surface area contributed by atoms with E-state index in [-0.39, 0.29) is 6.10 Å². The Hall–Kier alpha value is -0.120. The highest BCUT2D eigenvalue weighted by atomic mass is 16.5. The van der Waals surface area contributed by atoms with E-state index in [1.54, 1.807) is 0 Å². The highest BCUT2D eigenvalue weighted by molar-refractivity contribution is 4.55. The van der Waals surface area contributed by atoms with E-state index in [0.717, 1.165) is 19.7 Å². The van der Waals surface area contributed by atoms with Crippen LogP contribution in [-0.4, -0.2) is 39.0 Å². The van der Waals surface area contributed by atoms with Gasteiger partial charge in [0.15, 0.2) is 0 Å². The lowest BCUT2D eigenvalue weighted by Gasteiger charge is -2.14. The number of ether oxygens (including phenoxy) is 2. The number of rotatable bonds is 11. The molecule has 0 bridgehead atoms. The molecule has 0 rings (SSSR count). The van der Waals surface area contributed by atoms with Gasteiger partial charge in [-0.25, -0.2) is 0 Å². The Morgan fingerprint density at radius 1 is 1.12 bits per heavy atom. The van der Waals surface area contributed by atoms with E-state index in [2.05, 4.69) is 33.0 Å². The number of hydrogen-bond donors (Lipinski definition) is 1. The van der Waals surface area contributed by atoms with Crippen LogP contribution in [0.25, 0.3) is 0 Å². The molecule has 1 atom stereocenters. The van der Waals surface area contributed by atoms with Crippen molar-refractivity contribution in [1.29, 1.82) is 0 Å². The van der Waals surface area contributed by atoms with Crippen LogP contribution in [-0.2, 0) is 9.47 Å². The third kappa shape index (κ3) is 12.0. The number of nitrogens with one attached hydrogen (secondary N) is 1. The van der Waals surface area contributed by atoms with E-state index in [1.807, 2.05) is 0 Å². The second-order valence-electron chi connectivity index (χ2n) is 4.71. The van der Waals surface area contributed by atoms with E-state index in [4.69, 9.17) is 9.47 Å². The molecule has 0 amide bonds. The van der Waals surface area contributed by atoms with Crippen molar-refractivity contribution in [3.8, 4) is 0 Å². The second kappa shape index (κ2) is 11.4. The predicted octanol–water partition coefficient (Wildman–Crippen LogP) is 2.45. The van der Waals surface area contributed by atoms with Gasteiger partial charge in [0.05, 0.1) is 19.3 Å². The van der Waals surface area contributed by atoms with Crippen LogP contribution >= 0.6 is 0 Å². The largest absolute Gasteiger partial charge is 0.379 e. The van der Waals surface area contributed by atoms with E-state index in [0.29, 0.717) is 19.1 Å². The molecule has 0 saturated heterocycles. The summed E-state index contributed by atoms with van der Waals surface area (Å²) in [7, 11) is 0. The van der Waals surface area contributed by atoms with Crippen LogP contribution in [0.4, 0.5) is 0 Å². The van der Waals surface area contributed by atoms with Gasteiger partial charge in [-0.15, -0.1) is 0 Å². The highest BCUT2D eigenvalue weighted by Gasteiger charge is 2.01. The zero-order valence-electron chi connectivity index (χ0n) is 11.4. The molecule has 0 aliphatic carbocycles. The van der Waals surface area contributed by atoms with Gasteiger partial charge in [0.2, 0.25) is 0 Å². The van der Waals surface area contributed by atoms with E-state index in [1.165, 1.54) is 12.8 Å². The van der Waals surface area contributed by atoms with Gasteiger partial charge < -0.3 is 14.8 Å². The Bertz CT molecular complexity index is 140. The fourth-order valence-electron chi connectivity index (χ4n) is 1.29. The number of hydrogen-bond acceptors (Lipinski definition) is 3. The maximum absolute atomic E-state index is 5.62. The second-order valence-corrected chi connectivity index (χ2v) is 4.71. The molecule has 0 radical (unpaired) electrons. The van der Waals surface area contributed by atoms with Gasteiger partial charge >= 0.3 is 0 Å². The fourth-order valence-corrected chi connectivity index (χ4v) is 1.29. The molecule has 0 heterocycles. The third-order valence-electron chi connectivity index (χ3n) is 2.22. The molecular weight excluding hydrogens is 202 g/mol. The van der Waals surface area contributed by atoms with Crippen LogP contribution in [0.2, 0.25) is 0 Å². The Labute approximate surface area is 101 Å². The normalized spacial score (nSPS) is 13.3. The smallest absolute Gasteiger partial charge is 0.0704 e. The van der Waals surface area contributed by atoms with Gasteiger partial charge in [-0.05, 0) is 25.8 Å². The number of unbranched alkanes of at least 4 members (excludes halogenated alkanes) is 1. The van der Waals surface area contributed by atoms with Gasteiger partial charge in [0, 0.05) is 13.2 Å². The first-order valence-electron chi connectivity index (χ1n) is 6.56. The van der Waals surface area contributed by atoms with Crippen molar-refractivity contribution in [2.45, 2.75) is 46.6 Å². The summed E-state index contributed by atoms with van der Waals surface area (Å²) in [6.07, 6.45) is 2.76. The van der Waals surface area contributed by atoms with Gasteiger partial charge in [0.1, 0.15) is 0 Å². The molecule has 0 aliphatic rings. The van der Waals surface area contributed by atoms with Crippen LogP contribution in [0.1, 0.15) is 40.5 Å². The van der Waals surface area contributed by atoms with E-state index < -0.39 is 0 Å². The highest BCUT2D eigenvalue weighted by Crippen LogP contribution is 1.94. The summed E-state index contributed by atoms with van der Waals surface area (Å²) >= 11 is 0. The molecule has 0 aromatic carbocycles. The molecule has 0 aromatic rings. The molecule has 0 aliphatic heterocycles. The lowest BCUT2D eigenvalue weighted by molar-refractivity contribution is 0.00677. The Kier molecular flexibility index (Phi) is 11.3. The monoisotopic (exact) mass is 231 g/mol. The quantitative estimate of drug-likeness (QED) is 0.554. The van der Waals surface area contributed by atoms with Crippen LogP contribution in [0.15, 0.2) is 0 Å².